The first-order valence-corrected chi connectivity index (χ1v) is 7.67. The third-order valence-corrected chi connectivity index (χ3v) is 3.58. The fourth-order valence-corrected chi connectivity index (χ4v) is 2.29. The maximum Gasteiger partial charge on any atom is 0.237 e. The third-order valence-electron chi connectivity index (χ3n) is 2.93. The zero-order valence-corrected chi connectivity index (χ0v) is 12.5. The number of thioether (sulfide) groups is 1. The van der Waals surface area contributed by atoms with Gasteiger partial charge in [0.1, 0.15) is 5.75 Å². The van der Waals surface area contributed by atoms with Crippen LogP contribution < -0.4 is 15.8 Å². The van der Waals surface area contributed by atoms with Crippen molar-refractivity contribution in [1.29, 1.82) is 0 Å². The van der Waals surface area contributed by atoms with Gasteiger partial charge in [-0.25, -0.2) is 0 Å². The Morgan fingerprint density at radius 1 is 1.47 bits per heavy atom. The molecule has 106 valence electrons. The summed E-state index contributed by atoms with van der Waals surface area (Å²) in [6.07, 6.45) is 2.69. The molecule has 0 aliphatic carbocycles. The van der Waals surface area contributed by atoms with Crippen molar-refractivity contribution in [1.82, 2.24) is 5.32 Å². The molecule has 19 heavy (non-hydrogen) atoms. The van der Waals surface area contributed by atoms with Gasteiger partial charge in [0.25, 0.3) is 0 Å². The van der Waals surface area contributed by atoms with Gasteiger partial charge in [0, 0.05) is 5.56 Å². The highest BCUT2D eigenvalue weighted by atomic mass is 32.2. The predicted octanol–water partition coefficient (Wildman–Crippen LogP) is 1.95. The summed E-state index contributed by atoms with van der Waals surface area (Å²) in [4.78, 5) is 11.9. The number of hydrogen-bond acceptors (Lipinski definition) is 4. The molecule has 1 unspecified atom stereocenters. The number of ether oxygens (including phenoxy) is 1. The molecule has 0 aromatic heterocycles. The first-order valence-electron chi connectivity index (χ1n) is 6.28. The third kappa shape index (κ3) is 4.76. The van der Waals surface area contributed by atoms with Crippen molar-refractivity contribution in [3.05, 3.63) is 29.8 Å². The van der Waals surface area contributed by atoms with Crippen LogP contribution in [0, 0.1) is 0 Å². The van der Waals surface area contributed by atoms with E-state index >= 15 is 0 Å². The van der Waals surface area contributed by atoms with Crippen molar-refractivity contribution < 1.29 is 9.53 Å². The average molecular weight is 282 g/mol. The van der Waals surface area contributed by atoms with E-state index in [0.29, 0.717) is 6.42 Å². The lowest BCUT2D eigenvalue weighted by molar-refractivity contribution is -0.123. The van der Waals surface area contributed by atoms with Crippen LogP contribution in [-0.2, 0) is 4.79 Å². The summed E-state index contributed by atoms with van der Waals surface area (Å²) in [7, 11) is 1.62. The highest BCUT2D eigenvalue weighted by molar-refractivity contribution is 7.98. The molecule has 1 aromatic rings. The molecule has 2 atom stereocenters. The molecular weight excluding hydrogens is 260 g/mol. The molecule has 1 aromatic carbocycles. The largest absolute Gasteiger partial charge is 0.496 e. The zero-order valence-electron chi connectivity index (χ0n) is 11.7. The number of carbonyl (C=O) groups excluding carboxylic acids is 1. The summed E-state index contributed by atoms with van der Waals surface area (Å²) in [5.74, 6) is 1.54. The van der Waals surface area contributed by atoms with E-state index in [2.05, 4.69) is 5.32 Å². The molecule has 0 saturated heterocycles. The number of nitrogens with two attached hydrogens (primary N) is 1. The molecule has 0 heterocycles. The van der Waals surface area contributed by atoms with E-state index in [1.165, 1.54) is 0 Å². The number of hydrogen-bond donors (Lipinski definition) is 2. The highest BCUT2D eigenvalue weighted by Crippen LogP contribution is 2.24. The summed E-state index contributed by atoms with van der Waals surface area (Å²) in [5.41, 5.74) is 6.80. The van der Waals surface area contributed by atoms with E-state index in [-0.39, 0.29) is 11.9 Å². The Kier molecular flexibility index (Phi) is 6.73. The Hall–Kier alpha value is -1.20. The number of para-hydroxylation sites is 1. The van der Waals surface area contributed by atoms with Crippen LogP contribution >= 0.6 is 11.8 Å². The molecule has 3 N–H and O–H groups in total. The molecule has 0 saturated carbocycles. The molecule has 0 aliphatic heterocycles. The monoisotopic (exact) mass is 282 g/mol. The van der Waals surface area contributed by atoms with Crippen LogP contribution in [0.2, 0.25) is 0 Å². The summed E-state index contributed by atoms with van der Waals surface area (Å²) in [6, 6.07) is 7.08. The number of amides is 1. The summed E-state index contributed by atoms with van der Waals surface area (Å²) < 4.78 is 5.29. The Bertz CT molecular complexity index is 412. The first-order chi connectivity index (χ1) is 9.10. The lowest BCUT2D eigenvalue weighted by atomic mass is 10.1. The Morgan fingerprint density at radius 2 is 2.16 bits per heavy atom. The lowest BCUT2D eigenvalue weighted by Crippen LogP contribution is -2.42. The van der Waals surface area contributed by atoms with Crippen LogP contribution in [0.15, 0.2) is 24.3 Å². The minimum absolute atomic E-state index is 0.118. The Labute approximate surface area is 119 Å². The SMILES string of the molecule is COc1ccccc1C(C)NC(=O)[C@H](N)CCSC. The van der Waals surface area contributed by atoms with Crippen LogP contribution in [0.5, 0.6) is 5.75 Å². The second-order valence-electron chi connectivity index (χ2n) is 4.36. The topological polar surface area (TPSA) is 64.3 Å². The minimum atomic E-state index is -0.454. The predicted molar refractivity (Wildman–Crippen MR) is 80.5 cm³/mol. The molecule has 1 amide bonds. The first kappa shape index (κ1) is 15.9. The number of methoxy groups -OCH3 is 1. The van der Waals surface area contributed by atoms with Crippen LogP contribution in [0.4, 0.5) is 0 Å². The second-order valence-corrected chi connectivity index (χ2v) is 5.35. The average Bonchev–Trinajstić information content (AvgIpc) is 2.44. The molecule has 0 aliphatic rings. The molecule has 0 radical (unpaired) electrons. The maximum absolute atomic E-state index is 11.9. The van der Waals surface area contributed by atoms with Crippen LogP contribution in [0.3, 0.4) is 0 Å². The molecule has 0 bridgehead atoms. The summed E-state index contributed by atoms with van der Waals surface area (Å²) in [6.45, 7) is 1.93. The molecular formula is C14H22N2O2S. The van der Waals surface area contributed by atoms with Crippen molar-refractivity contribution >= 4 is 17.7 Å². The fourth-order valence-electron chi connectivity index (χ4n) is 1.80. The Morgan fingerprint density at radius 3 is 2.79 bits per heavy atom. The second kappa shape index (κ2) is 8.07. The van der Waals surface area contributed by atoms with Crippen LogP contribution in [-0.4, -0.2) is 31.1 Å². The van der Waals surface area contributed by atoms with Gasteiger partial charge in [-0.3, -0.25) is 4.79 Å². The van der Waals surface area contributed by atoms with E-state index in [0.717, 1.165) is 17.1 Å². The van der Waals surface area contributed by atoms with E-state index < -0.39 is 6.04 Å². The van der Waals surface area contributed by atoms with Crippen molar-refractivity contribution in [2.24, 2.45) is 5.73 Å². The summed E-state index contributed by atoms with van der Waals surface area (Å²) in [5, 5.41) is 2.93. The standard InChI is InChI=1S/C14H22N2O2S/c1-10(11-6-4-5-7-13(11)18-2)16-14(17)12(15)8-9-19-3/h4-7,10,12H,8-9,15H2,1-3H3,(H,16,17)/t10?,12-/m1/s1. The van der Waals surface area contributed by atoms with Crippen LogP contribution in [0.1, 0.15) is 24.9 Å². The number of benzene rings is 1. The van der Waals surface area contributed by atoms with Crippen molar-refractivity contribution in [3.63, 3.8) is 0 Å². The van der Waals surface area contributed by atoms with Crippen molar-refractivity contribution in [2.45, 2.75) is 25.4 Å². The van der Waals surface area contributed by atoms with Gasteiger partial charge in [-0.05, 0) is 31.4 Å². The molecule has 0 fully saturated rings. The van der Waals surface area contributed by atoms with Gasteiger partial charge in [-0.2, -0.15) is 11.8 Å². The van der Waals surface area contributed by atoms with E-state index in [1.54, 1.807) is 18.9 Å². The molecule has 1 rings (SSSR count). The van der Waals surface area contributed by atoms with Gasteiger partial charge >= 0.3 is 0 Å². The molecule has 5 heteroatoms. The fraction of sp³-hybridized carbons (Fsp3) is 0.500. The number of carbonyl (C=O) groups is 1. The van der Waals surface area contributed by atoms with Gasteiger partial charge in [0.05, 0.1) is 19.2 Å². The normalized spacial score (nSPS) is 13.7. The van der Waals surface area contributed by atoms with Gasteiger partial charge in [-0.15, -0.1) is 0 Å². The van der Waals surface area contributed by atoms with E-state index in [4.69, 9.17) is 10.5 Å². The highest BCUT2D eigenvalue weighted by Gasteiger charge is 2.18. The lowest BCUT2D eigenvalue weighted by Gasteiger charge is -2.19. The summed E-state index contributed by atoms with van der Waals surface area (Å²) >= 11 is 1.69. The van der Waals surface area contributed by atoms with E-state index in [9.17, 15) is 4.79 Å². The van der Waals surface area contributed by atoms with Gasteiger partial charge in [0.15, 0.2) is 0 Å². The van der Waals surface area contributed by atoms with Crippen LogP contribution in [0.25, 0.3) is 0 Å². The van der Waals surface area contributed by atoms with Gasteiger partial charge in [0.2, 0.25) is 5.91 Å². The molecule has 4 nitrogen and oxygen atoms in total. The minimum Gasteiger partial charge on any atom is -0.496 e. The van der Waals surface area contributed by atoms with Crippen molar-refractivity contribution in [2.75, 3.05) is 19.1 Å². The smallest absolute Gasteiger partial charge is 0.237 e. The van der Waals surface area contributed by atoms with Crippen molar-refractivity contribution in [3.8, 4) is 5.75 Å². The maximum atomic E-state index is 11.9. The quantitative estimate of drug-likeness (QED) is 0.802. The van der Waals surface area contributed by atoms with E-state index in [1.807, 2.05) is 37.4 Å². The molecule has 0 spiro atoms. The van der Waals surface area contributed by atoms with Gasteiger partial charge in [-0.1, -0.05) is 18.2 Å². The number of rotatable bonds is 7. The number of nitrogens with one attached hydrogen (secondary N) is 1. The zero-order chi connectivity index (χ0) is 14.3. The van der Waals surface area contributed by atoms with Gasteiger partial charge < -0.3 is 15.8 Å². The Balaban J connectivity index is 2.63.